The summed E-state index contributed by atoms with van der Waals surface area (Å²) in [5, 5.41) is 0. The van der Waals surface area contributed by atoms with Crippen LogP contribution in [0.1, 0.15) is 24.2 Å². The largest absolute Gasteiger partial charge is 0.494 e. The Morgan fingerprint density at radius 2 is 1.69 bits per heavy atom. The lowest BCUT2D eigenvalue weighted by atomic mass is 10.2. The zero-order valence-electron chi connectivity index (χ0n) is 16.5. The monoisotopic (exact) mass is 421 g/mol. The van der Waals surface area contributed by atoms with E-state index in [-0.39, 0.29) is 22.8 Å². The van der Waals surface area contributed by atoms with Crippen LogP contribution in [0.3, 0.4) is 0 Å². The van der Waals surface area contributed by atoms with E-state index in [0.717, 1.165) is 4.31 Å². The maximum absolute atomic E-state index is 13.2. The molecule has 0 N–H and O–H groups in total. The van der Waals surface area contributed by atoms with E-state index in [4.69, 9.17) is 9.47 Å². The average Bonchev–Trinajstić information content (AvgIpc) is 2.72. The molecule has 8 nitrogen and oxygen atoms in total. The van der Waals surface area contributed by atoms with Crippen molar-refractivity contribution in [2.24, 2.45) is 0 Å². The normalized spacial score (nSPS) is 10.9. The molecule has 29 heavy (non-hydrogen) atoms. The Morgan fingerprint density at radius 3 is 2.28 bits per heavy atom. The molecule has 2 rings (SSSR count). The molecule has 0 radical (unpaired) electrons. The van der Waals surface area contributed by atoms with Gasteiger partial charge in [-0.2, -0.15) is 0 Å². The van der Waals surface area contributed by atoms with Gasteiger partial charge in [-0.05, 0) is 56.3 Å². The molecule has 0 heterocycles. The van der Waals surface area contributed by atoms with Crippen LogP contribution in [0.15, 0.2) is 53.4 Å². The minimum atomic E-state index is -4.12. The number of anilines is 1. The third kappa shape index (κ3) is 5.47. The summed E-state index contributed by atoms with van der Waals surface area (Å²) in [5.41, 5.74) is 0.302. The predicted octanol–water partition coefficient (Wildman–Crippen LogP) is 2.63. The summed E-state index contributed by atoms with van der Waals surface area (Å²) in [6.07, 6.45) is 0. The highest BCUT2D eigenvalue weighted by atomic mass is 32.2. The molecule has 0 aliphatic heterocycles. The predicted molar refractivity (Wildman–Crippen MR) is 107 cm³/mol. The molecule has 2 aromatic carbocycles. The van der Waals surface area contributed by atoms with Crippen LogP contribution in [0.2, 0.25) is 0 Å². The van der Waals surface area contributed by atoms with Crippen LogP contribution in [0.25, 0.3) is 0 Å². The molecule has 9 heteroatoms. The molecule has 0 saturated carbocycles. The molecule has 0 fully saturated rings. The lowest BCUT2D eigenvalue weighted by Gasteiger charge is -2.24. The number of ether oxygens (including phenoxy) is 3. The maximum atomic E-state index is 13.2. The van der Waals surface area contributed by atoms with E-state index >= 15 is 0 Å². The summed E-state index contributed by atoms with van der Waals surface area (Å²) < 4.78 is 42.3. The Morgan fingerprint density at radius 1 is 1.00 bits per heavy atom. The third-order valence-electron chi connectivity index (χ3n) is 3.87. The number of methoxy groups -OCH3 is 1. The Balaban J connectivity index is 2.48. The van der Waals surface area contributed by atoms with E-state index in [1.807, 2.05) is 6.92 Å². The van der Waals surface area contributed by atoms with Crippen LogP contribution >= 0.6 is 0 Å². The van der Waals surface area contributed by atoms with Crippen molar-refractivity contribution in [3.63, 3.8) is 0 Å². The molecule has 0 atom stereocenters. The first-order valence-electron chi connectivity index (χ1n) is 8.93. The van der Waals surface area contributed by atoms with Crippen molar-refractivity contribution in [2.45, 2.75) is 18.7 Å². The van der Waals surface area contributed by atoms with Gasteiger partial charge in [0.2, 0.25) is 0 Å². The molecule has 0 aromatic heterocycles. The number of carbonyl (C=O) groups excluding carboxylic acids is 2. The first-order chi connectivity index (χ1) is 13.8. The Hall–Kier alpha value is -3.07. The summed E-state index contributed by atoms with van der Waals surface area (Å²) in [6, 6.07) is 11.7. The summed E-state index contributed by atoms with van der Waals surface area (Å²) in [7, 11) is -2.96. The zero-order chi connectivity index (χ0) is 21.4. The summed E-state index contributed by atoms with van der Waals surface area (Å²) in [5.74, 6) is -0.817. The van der Waals surface area contributed by atoms with Crippen LogP contribution in [0, 0.1) is 0 Å². The molecule has 0 bridgehead atoms. The smallest absolute Gasteiger partial charge is 0.338 e. The van der Waals surface area contributed by atoms with E-state index in [2.05, 4.69) is 4.74 Å². The van der Waals surface area contributed by atoms with E-state index < -0.39 is 28.5 Å². The second kappa shape index (κ2) is 9.92. The molecule has 0 amide bonds. The Kier molecular flexibility index (Phi) is 7.60. The summed E-state index contributed by atoms with van der Waals surface area (Å²) in [6.45, 7) is 3.56. The van der Waals surface area contributed by atoms with Gasteiger partial charge in [0.25, 0.3) is 10.0 Å². The molecule has 0 aliphatic rings. The van der Waals surface area contributed by atoms with Crippen molar-refractivity contribution in [3.8, 4) is 5.75 Å². The highest BCUT2D eigenvalue weighted by Gasteiger charge is 2.28. The molecule has 2 aromatic rings. The number of nitrogens with zero attached hydrogens (tertiary/aromatic N) is 1. The number of esters is 2. The molecule has 0 aliphatic carbocycles. The van der Waals surface area contributed by atoms with Crippen LogP contribution in [-0.4, -0.2) is 47.2 Å². The van der Waals surface area contributed by atoms with Gasteiger partial charge in [0.1, 0.15) is 12.3 Å². The van der Waals surface area contributed by atoms with E-state index in [1.54, 1.807) is 6.92 Å². The van der Waals surface area contributed by atoms with Crippen molar-refractivity contribution in [3.05, 3.63) is 54.1 Å². The summed E-state index contributed by atoms with van der Waals surface area (Å²) in [4.78, 5) is 23.9. The van der Waals surface area contributed by atoms with Crippen molar-refractivity contribution >= 4 is 27.6 Å². The lowest BCUT2D eigenvalue weighted by molar-refractivity contribution is -0.138. The van der Waals surface area contributed by atoms with Crippen LogP contribution in [0.5, 0.6) is 5.75 Å². The minimum Gasteiger partial charge on any atom is -0.494 e. The SMILES string of the molecule is CCOC(=O)c1cccc(N(CC(=O)OC)S(=O)(=O)c2ccc(OCC)cc2)c1. The molecule has 0 spiro atoms. The third-order valence-corrected chi connectivity index (χ3v) is 5.66. The van der Waals surface area contributed by atoms with E-state index in [0.29, 0.717) is 12.4 Å². The van der Waals surface area contributed by atoms with Crippen molar-refractivity contribution in [2.75, 3.05) is 31.2 Å². The van der Waals surface area contributed by atoms with Crippen molar-refractivity contribution < 1.29 is 32.2 Å². The molecular weight excluding hydrogens is 398 g/mol. The van der Waals surface area contributed by atoms with Gasteiger partial charge in [0.05, 0.1) is 36.5 Å². The molecule has 0 unspecified atom stereocenters. The van der Waals surface area contributed by atoms with Gasteiger partial charge in [-0.15, -0.1) is 0 Å². The molecular formula is C20H23NO7S. The van der Waals surface area contributed by atoms with Gasteiger partial charge in [-0.25, -0.2) is 13.2 Å². The Bertz CT molecular complexity index is 955. The fourth-order valence-corrected chi connectivity index (χ4v) is 3.90. The van der Waals surface area contributed by atoms with Gasteiger partial charge in [-0.1, -0.05) is 6.07 Å². The minimum absolute atomic E-state index is 0.0357. The standard InChI is InChI=1S/C20H23NO7S/c1-4-27-17-9-11-18(12-10-17)29(24,25)21(14-19(22)26-3)16-8-6-7-15(13-16)20(23)28-5-2/h6-13H,4-5,14H2,1-3H3. The van der Waals surface area contributed by atoms with Gasteiger partial charge in [-0.3, -0.25) is 9.10 Å². The van der Waals surface area contributed by atoms with E-state index in [9.17, 15) is 18.0 Å². The maximum Gasteiger partial charge on any atom is 0.338 e. The summed E-state index contributed by atoms with van der Waals surface area (Å²) >= 11 is 0. The second-order valence-electron chi connectivity index (χ2n) is 5.76. The first-order valence-corrected chi connectivity index (χ1v) is 10.4. The average molecular weight is 421 g/mol. The fourth-order valence-electron chi connectivity index (χ4n) is 2.50. The highest BCUT2D eigenvalue weighted by molar-refractivity contribution is 7.92. The lowest BCUT2D eigenvalue weighted by Crippen LogP contribution is -2.36. The number of benzene rings is 2. The number of sulfonamides is 1. The van der Waals surface area contributed by atoms with Crippen LogP contribution < -0.4 is 9.04 Å². The number of hydrogen-bond acceptors (Lipinski definition) is 7. The highest BCUT2D eigenvalue weighted by Crippen LogP contribution is 2.26. The van der Waals surface area contributed by atoms with Gasteiger partial charge < -0.3 is 14.2 Å². The topological polar surface area (TPSA) is 99.2 Å². The van der Waals surface area contributed by atoms with Gasteiger partial charge in [0, 0.05) is 0 Å². The molecule has 156 valence electrons. The van der Waals surface area contributed by atoms with Crippen molar-refractivity contribution in [1.82, 2.24) is 0 Å². The van der Waals surface area contributed by atoms with E-state index in [1.165, 1.54) is 55.6 Å². The number of rotatable bonds is 9. The van der Waals surface area contributed by atoms with Gasteiger partial charge in [0.15, 0.2) is 0 Å². The van der Waals surface area contributed by atoms with Crippen molar-refractivity contribution in [1.29, 1.82) is 0 Å². The van der Waals surface area contributed by atoms with Gasteiger partial charge >= 0.3 is 11.9 Å². The fraction of sp³-hybridized carbons (Fsp3) is 0.300. The second-order valence-corrected chi connectivity index (χ2v) is 7.63. The number of carbonyl (C=O) groups is 2. The van der Waals surface area contributed by atoms with Crippen LogP contribution in [-0.2, 0) is 24.3 Å². The number of hydrogen-bond donors (Lipinski definition) is 0. The molecule has 0 saturated heterocycles. The van der Waals surface area contributed by atoms with Crippen LogP contribution in [0.4, 0.5) is 5.69 Å². The Labute approximate surface area is 170 Å². The quantitative estimate of drug-likeness (QED) is 0.574. The zero-order valence-corrected chi connectivity index (χ0v) is 17.3. The first kappa shape index (κ1) is 22.2.